The van der Waals surface area contributed by atoms with Gasteiger partial charge in [-0.15, -0.1) is 0 Å². The third kappa shape index (κ3) is 4.30. The van der Waals surface area contributed by atoms with Gasteiger partial charge in [0.15, 0.2) is 6.61 Å². The van der Waals surface area contributed by atoms with Crippen molar-refractivity contribution < 1.29 is 27.1 Å². The molecule has 28 heavy (non-hydrogen) atoms. The molecule has 1 aliphatic heterocycles. The summed E-state index contributed by atoms with van der Waals surface area (Å²) in [6.45, 7) is 1.26. The summed E-state index contributed by atoms with van der Waals surface area (Å²) < 4.78 is 43.3. The van der Waals surface area contributed by atoms with E-state index < -0.39 is 34.3 Å². The number of halogens is 1. The van der Waals surface area contributed by atoms with E-state index in [-0.39, 0.29) is 17.3 Å². The van der Waals surface area contributed by atoms with Crippen molar-refractivity contribution in [1.29, 1.82) is 0 Å². The van der Waals surface area contributed by atoms with Crippen LogP contribution >= 0.6 is 0 Å². The first-order valence-corrected chi connectivity index (χ1v) is 10.3. The summed E-state index contributed by atoms with van der Waals surface area (Å²) >= 11 is 0. The minimum absolute atomic E-state index is 0.222. The Balaban J connectivity index is 1.64. The largest absolute Gasteiger partial charge is 0.452 e. The molecule has 1 amide bonds. The quantitative estimate of drug-likeness (QED) is 0.770. The molecule has 1 heterocycles. The molecule has 0 fully saturated rings. The molecular weight excluding hydrogens is 387 g/mol. The van der Waals surface area contributed by atoms with E-state index in [1.165, 1.54) is 28.6 Å². The van der Waals surface area contributed by atoms with E-state index in [4.69, 9.17) is 4.74 Å². The molecule has 148 valence electrons. The molecule has 0 aliphatic carbocycles. The number of nitrogens with zero attached hydrogens (tertiary/aromatic N) is 1. The molecule has 0 unspecified atom stereocenters. The SMILES string of the molecule is C[C@H]1Cc2cc(C(=O)OCC(=O)Nc3cccc(F)c3)ccc2N1S(C)(=O)=O. The van der Waals surface area contributed by atoms with Gasteiger partial charge in [0.2, 0.25) is 10.0 Å². The van der Waals surface area contributed by atoms with Gasteiger partial charge in [0, 0.05) is 11.7 Å². The molecule has 0 spiro atoms. The van der Waals surface area contributed by atoms with Crippen molar-refractivity contribution >= 4 is 33.3 Å². The Bertz CT molecular complexity index is 1040. The van der Waals surface area contributed by atoms with Gasteiger partial charge >= 0.3 is 5.97 Å². The normalized spacial score (nSPS) is 15.8. The second-order valence-corrected chi connectivity index (χ2v) is 8.45. The second-order valence-electron chi connectivity index (χ2n) is 6.59. The van der Waals surface area contributed by atoms with E-state index in [1.807, 2.05) is 0 Å². The molecule has 9 heteroatoms. The molecular formula is C19H19FN2O5S. The van der Waals surface area contributed by atoms with Crippen LogP contribution in [0.4, 0.5) is 15.8 Å². The number of carbonyl (C=O) groups is 2. The van der Waals surface area contributed by atoms with Crippen LogP contribution < -0.4 is 9.62 Å². The number of anilines is 2. The zero-order valence-electron chi connectivity index (χ0n) is 15.3. The fraction of sp³-hybridized carbons (Fsp3) is 0.263. The third-order valence-corrected chi connectivity index (χ3v) is 5.54. The summed E-state index contributed by atoms with van der Waals surface area (Å²) in [6, 6.07) is 9.70. The lowest BCUT2D eigenvalue weighted by Crippen LogP contribution is -2.34. The molecule has 0 radical (unpaired) electrons. The molecule has 0 bridgehead atoms. The molecule has 1 aliphatic rings. The molecule has 3 rings (SSSR count). The van der Waals surface area contributed by atoms with Crippen LogP contribution in [0, 0.1) is 5.82 Å². The second kappa shape index (κ2) is 7.59. The first kappa shape index (κ1) is 19.8. The monoisotopic (exact) mass is 406 g/mol. The standard InChI is InChI=1S/C19H19FN2O5S/c1-12-8-14-9-13(6-7-17(14)22(12)28(2,25)26)19(24)27-11-18(23)21-16-5-3-4-15(20)10-16/h3-7,9-10,12H,8,11H2,1-2H3,(H,21,23)/t12-/m0/s1. The van der Waals surface area contributed by atoms with Crippen LogP contribution in [-0.2, 0) is 26.0 Å². The summed E-state index contributed by atoms with van der Waals surface area (Å²) in [5.74, 6) is -1.80. The van der Waals surface area contributed by atoms with E-state index >= 15 is 0 Å². The smallest absolute Gasteiger partial charge is 0.338 e. The van der Waals surface area contributed by atoms with Crippen molar-refractivity contribution in [3.63, 3.8) is 0 Å². The molecule has 0 aromatic heterocycles. The maximum absolute atomic E-state index is 13.1. The highest BCUT2D eigenvalue weighted by Crippen LogP contribution is 2.34. The number of fused-ring (bicyclic) bond motifs is 1. The van der Waals surface area contributed by atoms with Crippen LogP contribution in [0.1, 0.15) is 22.8 Å². The van der Waals surface area contributed by atoms with E-state index in [1.54, 1.807) is 19.1 Å². The fourth-order valence-electron chi connectivity index (χ4n) is 3.21. The van der Waals surface area contributed by atoms with Crippen LogP contribution in [0.15, 0.2) is 42.5 Å². The van der Waals surface area contributed by atoms with Gasteiger partial charge in [-0.05, 0) is 55.3 Å². The molecule has 0 saturated heterocycles. The van der Waals surface area contributed by atoms with E-state index in [0.717, 1.165) is 17.9 Å². The minimum Gasteiger partial charge on any atom is -0.452 e. The van der Waals surface area contributed by atoms with Crippen molar-refractivity contribution in [1.82, 2.24) is 0 Å². The number of nitrogens with one attached hydrogen (secondary N) is 1. The minimum atomic E-state index is -3.42. The molecule has 2 aromatic rings. The number of benzene rings is 2. The molecule has 1 atom stereocenters. The number of rotatable bonds is 5. The van der Waals surface area contributed by atoms with Gasteiger partial charge < -0.3 is 10.1 Å². The van der Waals surface area contributed by atoms with Crippen LogP contribution in [-0.4, -0.2) is 39.2 Å². The fourth-order valence-corrected chi connectivity index (χ4v) is 4.48. The first-order chi connectivity index (χ1) is 13.1. The Kier molecular flexibility index (Phi) is 5.37. The van der Waals surface area contributed by atoms with Crippen LogP contribution in [0.2, 0.25) is 0 Å². The number of ether oxygens (including phenoxy) is 1. The van der Waals surface area contributed by atoms with Gasteiger partial charge in [0.25, 0.3) is 5.91 Å². The number of carbonyl (C=O) groups excluding carboxylic acids is 2. The zero-order chi connectivity index (χ0) is 20.5. The van der Waals surface area contributed by atoms with Crippen molar-refractivity contribution in [3.8, 4) is 0 Å². The van der Waals surface area contributed by atoms with E-state index in [9.17, 15) is 22.4 Å². The average Bonchev–Trinajstić information content (AvgIpc) is 2.94. The van der Waals surface area contributed by atoms with Crippen molar-refractivity contribution in [3.05, 3.63) is 59.4 Å². The number of hydrogen-bond donors (Lipinski definition) is 1. The predicted molar refractivity (Wildman–Crippen MR) is 102 cm³/mol. The number of sulfonamides is 1. The molecule has 0 saturated carbocycles. The number of esters is 1. The zero-order valence-corrected chi connectivity index (χ0v) is 16.1. The lowest BCUT2D eigenvalue weighted by Gasteiger charge is -2.21. The lowest BCUT2D eigenvalue weighted by molar-refractivity contribution is -0.119. The maximum Gasteiger partial charge on any atom is 0.338 e. The Hall–Kier alpha value is -2.94. The average molecular weight is 406 g/mol. The summed E-state index contributed by atoms with van der Waals surface area (Å²) in [6.07, 6.45) is 1.61. The van der Waals surface area contributed by atoms with Gasteiger partial charge in [0.1, 0.15) is 5.82 Å². The molecule has 2 aromatic carbocycles. The highest BCUT2D eigenvalue weighted by atomic mass is 32.2. The van der Waals surface area contributed by atoms with E-state index in [2.05, 4.69) is 5.32 Å². The summed E-state index contributed by atoms with van der Waals surface area (Å²) in [5.41, 5.74) is 1.74. The van der Waals surface area contributed by atoms with Gasteiger partial charge in [-0.2, -0.15) is 0 Å². The number of hydrogen-bond acceptors (Lipinski definition) is 5. The third-order valence-electron chi connectivity index (χ3n) is 4.27. The van der Waals surface area contributed by atoms with Crippen LogP contribution in [0.3, 0.4) is 0 Å². The Morgan fingerprint density at radius 3 is 2.68 bits per heavy atom. The van der Waals surface area contributed by atoms with E-state index in [0.29, 0.717) is 12.1 Å². The van der Waals surface area contributed by atoms with Crippen molar-refractivity contribution in [2.24, 2.45) is 0 Å². The topological polar surface area (TPSA) is 92.8 Å². The Labute approximate surface area is 162 Å². The Morgan fingerprint density at radius 1 is 1.25 bits per heavy atom. The lowest BCUT2D eigenvalue weighted by atomic mass is 10.1. The summed E-state index contributed by atoms with van der Waals surface area (Å²) in [5, 5.41) is 2.43. The first-order valence-electron chi connectivity index (χ1n) is 8.50. The van der Waals surface area contributed by atoms with Crippen LogP contribution in [0.5, 0.6) is 0 Å². The predicted octanol–water partition coefficient (Wildman–Crippen LogP) is 2.33. The Morgan fingerprint density at radius 2 is 2.00 bits per heavy atom. The van der Waals surface area contributed by atoms with Crippen LogP contribution in [0.25, 0.3) is 0 Å². The van der Waals surface area contributed by atoms with Crippen molar-refractivity contribution in [2.45, 2.75) is 19.4 Å². The van der Waals surface area contributed by atoms with Crippen molar-refractivity contribution in [2.75, 3.05) is 22.5 Å². The highest BCUT2D eigenvalue weighted by Gasteiger charge is 2.32. The van der Waals surface area contributed by atoms with Gasteiger partial charge in [-0.25, -0.2) is 17.6 Å². The van der Waals surface area contributed by atoms with Gasteiger partial charge in [-0.1, -0.05) is 6.07 Å². The summed E-state index contributed by atoms with van der Waals surface area (Å²) in [7, 11) is -3.42. The van der Waals surface area contributed by atoms with Gasteiger partial charge in [-0.3, -0.25) is 9.10 Å². The molecule has 7 nitrogen and oxygen atoms in total. The number of amides is 1. The summed E-state index contributed by atoms with van der Waals surface area (Å²) in [4.78, 5) is 24.1. The maximum atomic E-state index is 13.1. The molecule has 1 N–H and O–H groups in total. The highest BCUT2D eigenvalue weighted by molar-refractivity contribution is 7.92. The van der Waals surface area contributed by atoms with Gasteiger partial charge in [0.05, 0.1) is 17.5 Å².